The van der Waals surface area contributed by atoms with Crippen LogP contribution >= 0.6 is 11.6 Å². The van der Waals surface area contributed by atoms with E-state index in [-0.39, 0.29) is 0 Å². The zero-order valence-electron chi connectivity index (χ0n) is 8.63. The average Bonchev–Trinajstić information content (AvgIpc) is 2.42. The number of hydrogen-bond donors (Lipinski definition) is 0. The van der Waals surface area contributed by atoms with Gasteiger partial charge in [0.1, 0.15) is 5.82 Å². The van der Waals surface area contributed by atoms with Gasteiger partial charge in [-0.25, -0.2) is 4.98 Å². The molecule has 0 aliphatic heterocycles. The summed E-state index contributed by atoms with van der Waals surface area (Å²) >= 11 is 6.08. The predicted octanol–water partition coefficient (Wildman–Crippen LogP) is 3.33. The van der Waals surface area contributed by atoms with E-state index in [4.69, 9.17) is 11.6 Å². The molecule has 0 spiro atoms. The Hall–Kier alpha value is -1.02. The van der Waals surface area contributed by atoms with Gasteiger partial charge in [-0.15, -0.1) is 0 Å². The molecule has 74 valence electrons. The number of aryl methyl sites for hydroxylation is 3. The molecule has 0 saturated heterocycles. The van der Waals surface area contributed by atoms with Gasteiger partial charge in [0.25, 0.3) is 0 Å². The van der Waals surface area contributed by atoms with Gasteiger partial charge in [-0.1, -0.05) is 11.6 Å². The molecular formula is C11H13ClN2. The number of halogens is 1. The van der Waals surface area contributed by atoms with E-state index < -0.39 is 0 Å². The smallest absolute Gasteiger partial charge is 0.106 e. The molecule has 1 heterocycles. The van der Waals surface area contributed by atoms with E-state index in [0.717, 1.165) is 34.0 Å². The molecule has 0 unspecified atom stereocenters. The lowest BCUT2D eigenvalue weighted by molar-refractivity contribution is 0.753. The Bertz CT molecular complexity index is 485. The second-order valence-electron chi connectivity index (χ2n) is 3.49. The highest BCUT2D eigenvalue weighted by Crippen LogP contribution is 2.23. The van der Waals surface area contributed by atoms with Gasteiger partial charge in [0.15, 0.2) is 0 Å². The molecule has 0 fully saturated rings. The first-order valence-electron chi connectivity index (χ1n) is 4.76. The minimum Gasteiger partial charge on any atom is -0.328 e. The van der Waals surface area contributed by atoms with Crippen LogP contribution in [0.2, 0.25) is 5.02 Å². The van der Waals surface area contributed by atoms with E-state index in [1.54, 1.807) is 0 Å². The number of hydrogen-bond acceptors (Lipinski definition) is 1. The summed E-state index contributed by atoms with van der Waals surface area (Å²) in [7, 11) is 0. The van der Waals surface area contributed by atoms with Crippen LogP contribution in [-0.4, -0.2) is 9.55 Å². The van der Waals surface area contributed by atoms with Gasteiger partial charge in [-0.2, -0.15) is 0 Å². The van der Waals surface area contributed by atoms with Crippen molar-refractivity contribution in [3.05, 3.63) is 28.5 Å². The largest absolute Gasteiger partial charge is 0.328 e. The first-order valence-corrected chi connectivity index (χ1v) is 5.14. The average molecular weight is 209 g/mol. The van der Waals surface area contributed by atoms with Crippen molar-refractivity contribution in [3.63, 3.8) is 0 Å². The van der Waals surface area contributed by atoms with Crippen molar-refractivity contribution < 1.29 is 0 Å². The molecule has 2 rings (SSSR count). The Morgan fingerprint density at radius 1 is 1.36 bits per heavy atom. The zero-order valence-corrected chi connectivity index (χ0v) is 9.39. The van der Waals surface area contributed by atoms with Crippen LogP contribution in [0.25, 0.3) is 11.0 Å². The molecule has 3 heteroatoms. The Morgan fingerprint density at radius 2 is 2.07 bits per heavy atom. The fourth-order valence-electron chi connectivity index (χ4n) is 1.77. The van der Waals surface area contributed by atoms with Crippen LogP contribution in [0, 0.1) is 13.8 Å². The predicted molar refractivity (Wildman–Crippen MR) is 59.9 cm³/mol. The molecule has 0 bridgehead atoms. The van der Waals surface area contributed by atoms with Crippen molar-refractivity contribution >= 4 is 22.6 Å². The fourth-order valence-corrected chi connectivity index (χ4v) is 1.93. The minimum atomic E-state index is 0.812. The maximum absolute atomic E-state index is 6.08. The molecule has 0 amide bonds. The lowest BCUT2D eigenvalue weighted by Crippen LogP contribution is -1.96. The van der Waals surface area contributed by atoms with E-state index in [1.807, 2.05) is 26.0 Å². The highest BCUT2D eigenvalue weighted by atomic mass is 35.5. The van der Waals surface area contributed by atoms with Crippen LogP contribution in [0.15, 0.2) is 12.1 Å². The monoisotopic (exact) mass is 208 g/mol. The van der Waals surface area contributed by atoms with E-state index in [2.05, 4.69) is 16.5 Å². The Morgan fingerprint density at radius 3 is 2.71 bits per heavy atom. The van der Waals surface area contributed by atoms with Crippen LogP contribution in [0.4, 0.5) is 0 Å². The van der Waals surface area contributed by atoms with Crippen molar-refractivity contribution in [2.45, 2.75) is 27.3 Å². The van der Waals surface area contributed by atoms with Gasteiger partial charge in [0.05, 0.1) is 11.0 Å². The summed E-state index contributed by atoms with van der Waals surface area (Å²) in [5, 5.41) is 0.812. The molecule has 14 heavy (non-hydrogen) atoms. The van der Waals surface area contributed by atoms with Gasteiger partial charge in [0.2, 0.25) is 0 Å². The number of rotatable bonds is 1. The summed E-state index contributed by atoms with van der Waals surface area (Å²) in [6.45, 7) is 7.07. The quantitative estimate of drug-likeness (QED) is 0.703. The topological polar surface area (TPSA) is 17.8 Å². The number of nitrogens with zero attached hydrogens (tertiary/aromatic N) is 2. The molecule has 0 atom stereocenters. The second kappa shape index (κ2) is 3.28. The van der Waals surface area contributed by atoms with Crippen molar-refractivity contribution in [1.82, 2.24) is 9.55 Å². The molecule has 0 N–H and O–H groups in total. The summed E-state index contributed by atoms with van der Waals surface area (Å²) in [5.74, 6) is 1.05. The molecule has 1 aromatic heterocycles. The molecule has 0 radical (unpaired) electrons. The molecule has 0 aliphatic rings. The summed E-state index contributed by atoms with van der Waals surface area (Å²) < 4.78 is 2.17. The van der Waals surface area contributed by atoms with Crippen LogP contribution in [0.1, 0.15) is 18.3 Å². The molecule has 1 aromatic carbocycles. The maximum Gasteiger partial charge on any atom is 0.106 e. The minimum absolute atomic E-state index is 0.812. The Balaban J connectivity index is 2.82. The molecular weight excluding hydrogens is 196 g/mol. The lowest BCUT2D eigenvalue weighted by Gasteiger charge is -2.02. The Labute approximate surface area is 88.5 Å². The molecule has 0 aliphatic carbocycles. The highest BCUT2D eigenvalue weighted by Gasteiger charge is 2.07. The van der Waals surface area contributed by atoms with Crippen molar-refractivity contribution in [3.8, 4) is 0 Å². The van der Waals surface area contributed by atoms with Gasteiger partial charge >= 0.3 is 0 Å². The summed E-state index contributed by atoms with van der Waals surface area (Å²) in [6, 6.07) is 4.03. The molecule has 2 aromatic rings. The fraction of sp³-hybridized carbons (Fsp3) is 0.364. The standard InChI is InChI=1S/C11H13ClN2/c1-4-14-8(3)13-10-5-7(2)9(12)6-11(10)14/h5-6H,4H2,1-3H3. The maximum atomic E-state index is 6.08. The van der Waals surface area contributed by atoms with Crippen molar-refractivity contribution in [2.24, 2.45) is 0 Å². The van der Waals surface area contributed by atoms with E-state index in [0.29, 0.717) is 0 Å². The molecule has 0 saturated carbocycles. The lowest BCUT2D eigenvalue weighted by atomic mass is 10.2. The first kappa shape index (κ1) is 9.53. The van der Waals surface area contributed by atoms with Crippen LogP contribution in [0.3, 0.4) is 0 Å². The SMILES string of the molecule is CCn1c(C)nc2cc(C)c(Cl)cc21. The van der Waals surface area contributed by atoms with Crippen molar-refractivity contribution in [2.75, 3.05) is 0 Å². The third-order valence-corrected chi connectivity index (χ3v) is 2.94. The third kappa shape index (κ3) is 1.30. The number of benzene rings is 1. The normalized spacial score (nSPS) is 11.1. The van der Waals surface area contributed by atoms with E-state index >= 15 is 0 Å². The van der Waals surface area contributed by atoms with Crippen molar-refractivity contribution in [1.29, 1.82) is 0 Å². The second-order valence-corrected chi connectivity index (χ2v) is 3.90. The highest BCUT2D eigenvalue weighted by molar-refractivity contribution is 6.32. The van der Waals surface area contributed by atoms with Crippen LogP contribution < -0.4 is 0 Å². The number of fused-ring (bicyclic) bond motifs is 1. The van der Waals surface area contributed by atoms with Gasteiger partial charge in [0, 0.05) is 11.6 Å². The first-order chi connectivity index (χ1) is 6.63. The van der Waals surface area contributed by atoms with E-state index in [1.165, 1.54) is 0 Å². The zero-order chi connectivity index (χ0) is 10.3. The van der Waals surface area contributed by atoms with Crippen LogP contribution in [-0.2, 0) is 6.54 Å². The van der Waals surface area contributed by atoms with Gasteiger partial charge in [-0.05, 0) is 38.5 Å². The van der Waals surface area contributed by atoms with Gasteiger partial charge in [-0.3, -0.25) is 0 Å². The molecule has 2 nitrogen and oxygen atoms in total. The summed E-state index contributed by atoms with van der Waals surface area (Å²) in [5.41, 5.74) is 3.24. The van der Waals surface area contributed by atoms with Gasteiger partial charge < -0.3 is 4.57 Å². The summed E-state index contributed by atoms with van der Waals surface area (Å²) in [4.78, 5) is 4.49. The van der Waals surface area contributed by atoms with Crippen LogP contribution in [0.5, 0.6) is 0 Å². The third-order valence-electron chi connectivity index (χ3n) is 2.54. The number of aromatic nitrogens is 2. The summed E-state index contributed by atoms with van der Waals surface area (Å²) in [6.07, 6.45) is 0. The number of imidazole rings is 1. The van der Waals surface area contributed by atoms with E-state index in [9.17, 15) is 0 Å². The Kier molecular flexibility index (Phi) is 2.23.